The van der Waals surface area contributed by atoms with Crippen molar-refractivity contribution in [2.24, 2.45) is 5.10 Å². The van der Waals surface area contributed by atoms with Gasteiger partial charge < -0.3 is 14.6 Å². The highest BCUT2D eigenvalue weighted by atomic mass is 16.5. The molecular weight excluding hydrogens is 284 g/mol. The van der Waals surface area contributed by atoms with Gasteiger partial charge in [0, 0.05) is 11.6 Å². The fourth-order valence-electron chi connectivity index (χ4n) is 2.12. The van der Waals surface area contributed by atoms with Gasteiger partial charge in [0.25, 0.3) is 0 Å². The number of nitrogens with one attached hydrogen (secondary N) is 1. The van der Waals surface area contributed by atoms with E-state index in [9.17, 15) is 4.79 Å². The highest BCUT2D eigenvalue weighted by molar-refractivity contribution is 6.06. The molecule has 0 saturated heterocycles. The lowest BCUT2D eigenvalue weighted by Gasteiger charge is -2.03. The molecule has 0 amide bonds. The van der Waals surface area contributed by atoms with Crippen molar-refractivity contribution in [2.45, 2.75) is 0 Å². The second kappa shape index (κ2) is 5.77. The minimum atomic E-state index is -0.954. The summed E-state index contributed by atoms with van der Waals surface area (Å²) in [6, 6.07) is 11.9. The van der Waals surface area contributed by atoms with Crippen molar-refractivity contribution in [1.29, 1.82) is 0 Å². The van der Waals surface area contributed by atoms with Gasteiger partial charge in [0.2, 0.25) is 0 Å². The van der Waals surface area contributed by atoms with E-state index < -0.39 is 5.97 Å². The Bertz CT molecular complexity index is 738. The number of hydrogen-bond donors (Lipinski definition) is 2. The van der Waals surface area contributed by atoms with Crippen molar-refractivity contribution in [3.8, 4) is 11.5 Å². The van der Waals surface area contributed by atoms with Crippen molar-refractivity contribution in [3.63, 3.8) is 0 Å². The van der Waals surface area contributed by atoms with Gasteiger partial charge in [0.05, 0.1) is 18.4 Å². The van der Waals surface area contributed by atoms with E-state index in [0.717, 1.165) is 22.8 Å². The van der Waals surface area contributed by atoms with Gasteiger partial charge in [-0.2, -0.15) is 5.10 Å². The molecule has 0 unspecified atom stereocenters. The summed E-state index contributed by atoms with van der Waals surface area (Å²) in [4.78, 5) is 10.8. The van der Waals surface area contributed by atoms with Crippen LogP contribution in [0.25, 0.3) is 0 Å². The summed E-state index contributed by atoms with van der Waals surface area (Å²) < 4.78 is 10.7. The summed E-state index contributed by atoms with van der Waals surface area (Å²) in [6.07, 6.45) is 0. The van der Waals surface area contributed by atoms with Crippen molar-refractivity contribution < 1.29 is 19.4 Å². The molecule has 0 saturated carbocycles. The maximum Gasteiger partial charge on any atom is 0.335 e. The predicted molar refractivity (Wildman–Crippen MR) is 82.1 cm³/mol. The third kappa shape index (κ3) is 2.71. The normalized spacial score (nSPS) is 14.3. The zero-order valence-electron chi connectivity index (χ0n) is 11.9. The first-order valence-corrected chi connectivity index (χ1v) is 6.64. The van der Waals surface area contributed by atoms with Gasteiger partial charge >= 0.3 is 5.97 Å². The number of benzene rings is 2. The lowest BCUT2D eigenvalue weighted by atomic mass is 10.1. The van der Waals surface area contributed by atoms with Gasteiger partial charge in [-0.15, -0.1) is 0 Å². The van der Waals surface area contributed by atoms with Gasteiger partial charge in [0.15, 0.2) is 0 Å². The van der Waals surface area contributed by atoms with Crippen LogP contribution in [0.5, 0.6) is 11.5 Å². The van der Waals surface area contributed by atoms with Crippen molar-refractivity contribution in [3.05, 3.63) is 53.6 Å². The number of nitrogens with zero attached hydrogens (tertiary/aromatic N) is 1. The van der Waals surface area contributed by atoms with Crippen LogP contribution in [0.4, 0.5) is 5.69 Å². The van der Waals surface area contributed by atoms with Crippen LogP contribution in [0.3, 0.4) is 0 Å². The molecule has 0 radical (unpaired) electrons. The third-order valence-corrected chi connectivity index (χ3v) is 3.32. The summed E-state index contributed by atoms with van der Waals surface area (Å²) in [5.74, 6) is 0.517. The van der Waals surface area contributed by atoms with E-state index in [1.165, 1.54) is 12.1 Å². The van der Waals surface area contributed by atoms with Crippen LogP contribution in [0, 0.1) is 0 Å². The van der Waals surface area contributed by atoms with Gasteiger partial charge in [0.1, 0.15) is 23.8 Å². The summed E-state index contributed by atoms with van der Waals surface area (Å²) in [5, 5.41) is 13.2. The van der Waals surface area contributed by atoms with E-state index in [0.29, 0.717) is 12.3 Å². The minimum absolute atomic E-state index is 0.236. The molecule has 6 nitrogen and oxygen atoms in total. The van der Waals surface area contributed by atoms with Gasteiger partial charge in [-0.3, -0.25) is 5.43 Å². The molecule has 2 aromatic rings. The molecule has 112 valence electrons. The molecule has 22 heavy (non-hydrogen) atoms. The summed E-state index contributed by atoms with van der Waals surface area (Å²) in [7, 11) is 1.61. The molecule has 0 aromatic heterocycles. The van der Waals surface area contributed by atoms with E-state index in [1.54, 1.807) is 19.2 Å². The minimum Gasteiger partial charge on any atom is -0.497 e. The zero-order valence-corrected chi connectivity index (χ0v) is 11.9. The number of rotatable bonds is 4. The predicted octanol–water partition coefficient (Wildman–Crippen LogP) is 2.60. The summed E-state index contributed by atoms with van der Waals surface area (Å²) in [6.45, 7) is 0.378. The number of methoxy groups -OCH3 is 1. The lowest BCUT2D eigenvalue weighted by molar-refractivity contribution is 0.0697. The van der Waals surface area contributed by atoms with Crippen LogP contribution < -0.4 is 14.9 Å². The number of anilines is 1. The Kier molecular flexibility index (Phi) is 3.65. The maximum atomic E-state index is 10.8. The highest BCUT2D eigenvalue weighted by Gasteiger charge is 2.20. The quantitative estimate of drug-likeness (QED) is 0.848. The molecule has 1 aliphatic rings. The third-order valence-electron chi connectivity index (χ3n) is 3.32. The zero-order chi connectivity index (χ0) is 15.5. The topological polar surface area (TPSA) is 80.2 Å². The number of carboxylic acid groups (broad SMARTS) is 1. The fraction of sp³-hybridized carbons (Fsp3) is 0.125. The summed E-state index contributed by atoms with van der Waals surface area (Å²) >= 11 is 0. The Hall–Kier alpha value is -3.02. The smallest absolute Gasteiger partial charge is 0.335 e. The fourth-order valence-corrected chi connectivity index (χ4v) is 2.12. The van der Waals surface area contributed by atoms with E-state index in [-0.39, 0.29) is 5.56 Å². The molecule has 0 bridgehead atoms. The molecule has 3 rings (SSSR count). The first-order chi connectivity index (χ1) is 10.7. The molecule has 0 fully saturated rings. The number of ether oxygens (including phenoxy) is 2. The largest absolute Gasteiger partial charge is 0.497 e. The Balaban J connectivity index is 1.76. The molecule has 1 heterocycles. The number of carboxylic acids is 1. The highest BCUT2D eigenvalue weighted by Crippen LogP contribution is 2.29. The van der Waals surface area contributed by atoms with E-state index >= 15 is 0 Å². The number of carbonyl (C=O) groups is 1. The molecule has 1 aliphatic heterocycles. The van der Waals surface area contributed by atoms with Crippen LogP contribution >= 0.6 is 0 Å². The van der Waals surface area contributed by atoms with Gasteiger partial charge in [-0.1, -0.05) is 0 Å². The van der Waals surface area contributed by atoms with Crippen LogP contribution in [0.2, 0.25) is 0 Å². The Morgan fingerprint density at radius 2 is 2.05 bits per heavy atom. The first kappa shape index (κ1) is 13.9. The van der Waals surface area contributed by atoms with Crippen LogP contribution in [0.15, 0.2) is 47.6 Å². The van der Waals surface area contributed by atoms with Crippen molar-refractivity contribution in [2.75, 3.05) is 19.1 Å². The van der Waals surface area contributed by atoms with Crippen LogP contribution in [-0.4, -0.2) is 30.5 Å². The average Bonchev–Trinajstić information content (AvgIpc) is 2.95. The summed E-state index contributed by atoms with van der Waals surface area (Å²) in [5.41, 5.74) is 5.54. The van der Waals surface area contributed by atoms with Gasteiger partial charge in [-0.05, 0) is 36.4 Å². The number of fused-ring (bicyclic) bond motifs is 1. The van der Waals surface area contributed by atoms with E-state index in [4.69, 9.17) is 14.6 Å². The standard InChI is InChI=1S/C16H14N2O4/c1-21-12-6-7-13-14(9-22-15(13)8-12)18-17-11-4-2-10(3-5-11)16(19)20/h2-8,17H,9H2,1H3,(H,19,20)/b18-14-. The lowest BCUT2D eigenvalue weighted by Crippen LogP contribution is -2.05. The molecule has 0 spiro atoms. The van der Waals surface area contributed by atoms with Gasteiger partial charge in [-0.25, -0.2) is 4.79 Å². The second-order valence-electron chi connectivity index (χ2n) is 4.70. The number of hydrazone groups is 1. The number of aromatic carboxylic acids is 1. The SMILES string of the molecule is COc1ccc2c(c1)OC/C2=N/Nc1ccc(C(=O)O)cc1. The Morgan fingerprint density at radius 3 is 2.73 bits per heavy atom. The average molecular weight is 298 g/mol. The van der Waals surface area contributed by atoms with E-state index in [1.807, 2.05) is 18.2 Å². The van der Waals surface area contributed by atoms with Crippen molar-refractivity contribution >= 4 is 17.4 Å². The van der Waals surface area contributed by atoms with Crippen LogP contribution in [-0.2, 0) is 0 Å². The molecule has 0 aliphatic carbocycles. The van der Waals surface area contributed by atoms with Crippen molar-refractivity contribution in [1.82, 2.24) is 0 Å². The Labute approximate surface area is 127 Å². The number of hydrogen-bond acceptors (Lipinski definition) is 5. The first-order valence-electron chi connectivity index (χ1n) is 6.64. The maximum absolute atomic E-state index is 10.8. The van der Waals surface area contributed by atoms with E-state index in [2.05, 4.69) is 10.5 Å². The van der Waals surface area contributed by atoms with Crippen LogP contribution in [0.1, 0.15) is 15.9 Å². The molecule has 2 aromatic carbocycles. The Morgan fingerprint density at radius 1 is 1.27 bits per heavy atom. The second-order valence-corrected chi connectivity index (χ2v) is 4.70. The molecule has 0 atom stereocenters. The molecular formula is C16H14N2O4. The molecule has 6 heteroatoms. The molecule has 2 N–H and O–H groups in total. The monoisotopic (exact) mass is 298 g/mol.